The summed E-state index contributed by atoms with van der Waals surface area (Å²) in [6.45, 7) is 4.03. The summed E-state index contributed by atoms with van der Waals surface area (Å²) in [7, 11) is 0. The molecule has 0 fully saturated rings. The molecule has 1 aromatic heterocycles. The first-order valence-corrected chi connectivity index (χ1v) is 7.17. The van der Waals surface area contributed by atoms with E-state index in [1.54, 1.807) is 31.3 Å². The average Bonchev–Trinajstić information content (AvgIpc) is 2.49. The molecule has 0 unspecified atom stereocenters. The monoisotopic (exact) mass is 314 g/mol. The molecule has 1 heterocycles. The fraction of sp³-hybridized carbons (Fsp3) is 0.250. The maximum atomic E-state index is 11.8. The van der Waals surface area contributed by atoms with Gasteiger partial charge in [-0.1, -0.05) is 6.07 Å². The molecule has 0 bridgehead atoms. The molecule has 0 radical (unpaired) electrons. The van der Waals surface area contributed by atoms with E-state index in [1.807, 2.05) is 13.0 Å². The third-order valence-corrected chi connectivity index (χ3v) is 3.25. The second kappa shape index (κ2) is 7.35. The molecule has 0 spiro atoms. The van der Waals surface area contributed by atoms with Gasteiger partial charge in [-0.2, -0.15) is 0 Å². The molecule has 0 aliphatic rings. The van der Waals surface area contributed by atoms with Crippen LogP contribution in [0, 0.1) is 24.0 Å². The van der Waals surface area contributed by atoms with E-state index in [-0.39, 0.29) is 18.0 Å². The minimum absolute atomic E-state index is 0.0822. The number of hydrogen-bond acceptors (Lipinski definition) is 5. The fourth-order valence-electron chi connectivity index (χ4n) is 2.04. The topological polar surface area (TPSA) is 97.2 Å². The number of rotatable bonds is 6. The van der Waals surface area contributed by atoms with Gasteiger partial charge in [-0.25, -0.2) is 4.98 Å². The highest BCUT2D eigenvalue weighted by Gasteiger charge is 2.10. The standard InChI is InChI=1S/C16H18N4O3/c1-11-3-6-15(18-10-11)19-16(21)7-8-17-13-4-5-14(20(22)23)12(2)9-13/h3-6,9-10,17H,7-8H2,1-2H3,(H,18,19,21). The lowest BCUT2D eigenvalue weighted by Crippen LogP contribution is -2.17. The molecular weight excluding hydrogens is 296 g/mol. The number of benzene rings is 1. The van der Waals surface area contributed by atoms with Crippen molar-refractivity contribution in [3.05, 3.63) is 57.8 Å². The van der Waals surface area contributed by atoms with Crippen molar-refractivity contribution in [3.63, 3.8) is 0 Å². The van der Waals surface area contributed by atoms with Crippen LogP contribution in [0.4, 0.5) is 17.2 Å². The highest BCUT2D eigenvalue weighted by molar-refractivity contribution is 5.90. The Kier molecular flexibility index (Phi) is 5.24. The Hall–Kier alpha value is -2.96. The number of anilines is 2. The Morgan fingerprint density at radius 2 is 2.04 bits per heavy atom. The van der Waals surface area contributed by atoms with Crippen LogP contribution in [0.3, 0.4) is 0 Å². The summed E-state index contributed by atoms with van der Waals surface area (Å²) in [5.74, 6) is 0.374. The van der Waals surface area contributed by atoms with Crippen LogP contribution in [0.15, 0.2) is 36.5 Å². The number of aromatic nitrogens is 1. The molecule has 0 saturated heterocycles. The van der Waals surface area contributed by atoms with Crippen molar-refractivity contribution < 1.29 is 9.72 Å². The molecule has 1 amide bonds. The Bertz CT molecular complexity index is 714. The SMILES string of the molecule is Cc1ccc(NC(=O)CCNc2ccc([N+](=O)[O-])c(C)c2)nc1. The van der Waals surface area contributed by atoms with E-state index in [4.69, 9.17) is 0 Å². The Balaban J connectivity index is 1.82. The van der Waals surface area contributed by atoms with Gasteiger partial charge in [-0.15, -0.1) is 0 Å². The predicted octanol–water partition coefficient (Wildman–Crippen LogP) is 3.05. The van der Waals surface area contributed by atoms with Crippen LogP contribution in [-0.2, 0) is 4.79 Å². The van der Waals surface area contributed by atoms with Crippen molar-refractivity contribution >= 4 is 23.1 Å². The normalized spacial score (nSPS) is 10.2. The summed E-state index contributed by atoms with van der Waals surface area (Å²) >= 11 is 0. The molecule has 7 heteroatoms. The van der Waals surface area contributed by atoms with E-state index in [0.717, 1.165) is 11.3 Å². The third kappa shape index (κ3) is 4.77. The Morgan fingerprint density at radius 3 is 2.65 bits per heavy atom. The molecule has 7 nitrogen and oxygen atoms in total. The number of nitrogens with zero attached hydrogens (tertiary/aromatic N) is 2. The van der Waals surface area contributed by atoms with Gasteiger partial charge in [0.2, 0.25) is 5.91 Å². The van der Waals surface area contributed by atoms with Gasteiger partial charge >= 0.3 is 0 Å². The molecule has 1 aromatic carbocycles. The number of carbonyl (C=O) groups excluding carboxylic acids is 1. The molecule has 0 saturated carbocycles. The van der Waals surface area contributed by atoms with Crippen LogP contribution in [0.5, 0.6) is 0 Å². The van der Waals surface area contributed by atoms with E-state index >= 15 is 0 Å². The van der Waals surface area contributed by atoms with Gasteiger partial charge in [0.25, 0.3) is 5.69 Å². The minimum atomic E-state index is -0.416. The number of hydrogen-bond donors (Lipinski definition) is 2. The van der Waals surface area contributed by atoms with Crippen LogP contribution < -0.4 is 10.6 Å². The number of aryl methyl sites for hydroxylation is 2. The maximum absolute atomic E-state index is 11.8. The highest BCUT2D eigenvalue weighted by Crippen LogP contribution is 2.21. The van der Waals surface area contributed by atoms with Gasteiger partial charge in [-0.3, -0.25) is 14.9 Å². The van der Waals surface area contributed by atoms with E-state index in [9.17, 15) is 14.9 Å². The van der Waals surface area contributed by atoms with Crippen LogP contribution >= 0.6 is 0 Å². The van der Waals surface area contributed by atoms with Gasteiger partial charge in [0.1, 0.15) is 5.82 Å². The van der Waals surface area contributed by atoms with Crippen molar-refractivity contribution in [1.29, 1.82) is 0 Å². The molecule has 2 aromatic rings. The number of nitrogens with one attached hydrogen (secondary N) is 2. The molecule has 0 aliphatic heterocycles. The largest absolute Gasteiger partial charge is 0.385 e. The number of nitro groups is 1. The zero-order valence-electron chi connectivity index (χ0n) is 13.0. The lowest BCUT2D eigenvalue weighted by Gasteiger charge is -2.08. The first kappa shape index (κ1) is 16.4. The second-order valence-electron chi connectivity index (χ2n) is 5.20. The number of amides is 1. The Morgan fingerprint density at radius 1 is 1.26 bits per heavy atom. The first-order valence-electron chi connectivity index (χ1n) is 7.17. The molecule has 0 atom stereocenters. The summed E-state index contributed by atoms with van der Waals surface area (Å²) in [5.41, 5.74) is 2.43. The Labute approximate surface area is 133 Å². The van der Waals surface area contributed by atoms with E-state index in [1.165, 1.54) is 6.07 Å². The predicted molar refractivity (Wildman–Crippen MR) is 88.5 cm³/mol. The summed E-state index contributed by atoms with van der Waals surface area (Å²) in [4.78, 5) is 26.3. The molecule has 23 heavy (non-hydrogen) atoms. The van der Waals surface area contributed by atoms with E-state index < -0.39 is 4.92 Å². The average molecular weight is 314 g/mol. The van der Waals surface area contributed by atoms with Crippen molar-refractivity contribution in [2.45, 2.75) is 20.3 Å². The minimum Gasteiger partial charge on any atom is -0.385 e. The number of carbonyl (C=O) groups is 1. The van der Waals surface area contributed by atoms with E-state index in [0.29, 0.717) is 17.9 Å². The highest BCUT2D eigenvalue weighted by atomic mass is 16.6. The van der Waals surface area contributed by atoms with Crippen molar-refractivity contribution in [3.8, 4) is 0 Å². The van der Waals surface area contributed by atoms with Crippen molar-refractivity contribution in [2.24, 2.45) is 0 Å². The van der Waals surface area contributed by atoms with Crippen LogP contribution in [-0.4, -0.2) is 22.4 Å². The molecule has 2 rings (SSSR count). The lowest BCUT2D eigenvalue weighted by atomic mass is 10.2. The summed E-state index contributed by atoms with van der Waals surface area (Å²) in [5, 5.41) is 16.5. The number of nitro benzene ring substituents is 1. The fourth-order valence-corrected chi connectivity index (χ4v) is 2.04. The lowest BCUT2D eigenvalue weighted by molar-refractivity contribution is -0.385. The quantitative estimate of drug-likeness (QED) is 0.631. The summed E-state index contributed by atoms with van der Waals surface area (Å²) < 4.78 is 0. The zero-order chi connectivity index (χ0) is 16.8. The summed E-state index contributed by atoms with van der Waals surface area (Å²) in [6.07, 6.45) is 1.96. The molecule has 120 valence electrons. The maximum Gasteiger partial charge on any atom is 0.272 e. The zero-order valence-corrected chi connectivity index (χ0v) is 13.0. The van der Waals surface area contributed by atoms with Crippen molar-refractivity contribution in [1.82, 2.24) is 4.98 Å². The number of pyridine rings is 1. The van der Waals surface area contributed by atoms with E-state index in [2.05, 4.69) is 15.6 Å². The molecular formula is C16H18N4O3. The van der Waals surface area contributed by atoms with Gasteiger partial charge in [0.05, 0.1) is 4.92 Å². The van der Waals surface area contributed by atoms with Crippen LogP contribution in [0.2, 0.25) is 0 Å². The first-order chi connectivity index (χ1) is 11.0. The smallest absolute Gasteiger partial charge is 0.272 e. The second-order valence-corrected chi connectivity index (χ2v) is 5.20. The van der Waals surface area contributed by atoms with Gasteiger partial charge in [0, 0.05) is 36.5 Å². The van der Waals surface area contributed by atoms with Gasteiger partial charge < -0.3 is 10.6 Å². The third-order valence-electron chi connectivity index (χ3n) is 3.25. The summed E-state index contributed by atoms with van der Waals surface area (Å²) in [6, 6.07) is 8.40. The van der Waals surface area contributed by atoms with Crippen LogP contribution in [0.25, 0.3) is 0 Å². The van der Waals surface area contributed by atoms with Gasteiger partial charge in [0.15, 0.2) is 0 Å². The van der Waals surface area contributed by atoms with Gasteiger partial charge in [-0.05, 0) is 37.6 Å². The van der Waals surface area contributed by atoms with Crippen LogP contribution in [0.1, 0.15) is 17.5 Å². The molecule has 2 N–H and O–H groups in total. The van der Waals surface area contributed by atoms with Crippen molar-refractivity contribution in [2.75, 3.05) is 17.2 Å². The molecule has 0 aliphatic carbocycles.